The van der Waals surface area contributed by atoms with Crippen LogP contribution in [0.25, 0.3) is 6.08 Å². The second-order valence-corrected chi connectivity index (χ2v) is 7.48. The zero-order valence-electron chi connectivity index (χ0n) is 15.1. The van der Waals surface area contributed by atoms with Crippen molar-refractivity contribution < 1.29 is 14.0 Å². The van der Waals surface area contributed by atoms with Crippen molar-refractivity contribution in [1.29, 1.82) is 0 Å². The van der Waals surface area contributed by atoms with E-state index in [2.05, 4.69) is 10.6 Å². The summed E-state index contributed by atoms with van der Waals surface area (Å²) in [6.45, 7) is 2.50. The minimum Gasteiger partial charge on any atom is -0.361 e. The quantitative estimate of drug-likeness (QED) is 0.565. The van der Waals surface area contributed by atoms with Gasteiger partial charge in [-0.3, -0.25) is 14.5 Å². The summed E-state index contributed by atoms with van der Waals surface area (Å²) in [6, 6.07) is 13.5. The highest BCUT2D eigenvalue weighted by molar-refractivity contribution is 8.18. The second-order valence-electron chi connectivity index (χ2n) is 6.08. The van der Waals surface area contributed by atoms with E-state index < -0.39 is 0 Å². The molecule has 2 aromatic rings. The molecule has 3 rings (SSSR count). The van der Waals surface area contributed by atoms with E-state index in [1.54, 1.807) is 18.2 Å². The predicted molar refractivity (Wildman–Crippen MR) is 114 cm³/mol. The van der Waals surface area contributed by atoms with Crippen LogP contribution in [0.4, 0.5) is 14.9 Å². The molecule has 0 bridgehead atoms. The molecule has 2 aromatic carbocycles. The van der Waals surface area contributed by atoms with E-state index in [0.29, 0.717) is 22.1 Å². The standard InChI is InChI=1S/C20H18FN3O2S2/c1-13-4-2-3-5-16(13)23-19(27)22-10-11-24-18(25)17(28-20(24)26)12-14-6-8-15(21)9-7-14/h2-9,12H,10-11H2,1H3,(H2,22,23,27)/b17-12-. The first-order valence-corrected chi connectivity index (χ1v) is 9.78. The molecule has 0 radical (unpaired) electrons. The number of benzene rings is 2. The second kappa shape index (κ2) is 8.99. The molecule has 0 saturated carbocycles. The van der Waals surface area contributed by atoms with E-state index in [4.69, 9.17) is 12.2 Å². The SMILES string of the molecule is Cc1ccccc1NC(=S)NCCN1C(=O)S/C(=C\c2ccc(F)cc2)C1=O. The molecule has 8 heteroatoms. The molecule has 0 atom stereocenters. The fraction of sp³-hybridized carbons (Fsp3) is 0.150. The molecule has 1 aliphatic heterocycles. The number of thioether (sulfide) groups is 1. The van der Waals surface area contributed by atoms with Crippen molar-refractivity contribution in [2.75, 3.05) is 18.4 Å². The number of carbonyl (C=O) groups is 2. The van der Waals surface area contributed by atoms with Gasteiger partial charge in [0.2, 0.25) is 0 Å². The van der Waals surface area contributed by atoms with Crippen molar-refractivity contribution in [2.24, 2.45) is 0 Å². The van der Waals surface area contributed by atoms with Gasteiger partial charge in [-0.05, 0) is 66.3 Å². The van der Waals surface area contributed by atoms with Crippen molar-refractivity contribution in [3.8, 4) is 0 Å². The molecule has 0 aliphatic carbocycles. The maximum Gasteiger partial charge on any atom is 0.293 e. The van der Waals surface area contributed by atoms with E-state index in [9.17, 15) is 14.0 Å². The molecular formula is C20H18FN3O2S2. The van der Waals surface area contributed by atoms with E-state index in [1.807, 2.05) is 31.2 Å². The lowest BCUT2D eigenvalue weighted by Gasteiger charge is -2.15. The average Bonchev–Trinajstić information content (AvgIpc) is 2.93. The van der Waals surface area contributed by atoms with E-state index in [1.165, 1.54) is 17.0 Å². The number of imide groups is 1. The Morgan fingerprint density at radius 2 is 1.89 bits per heavy atom. The monoisotopic (exact) mass is 415 g/mol. The number of carbonyl (C=O) groups excluding carboxylic acids is 2. The third kappa shape index (κ3) is 4.96. The fourth-order valence-electron chi connectivity index (χ4n) is 2.56. The van der Waals surface area contributed by atoms with Gasteiger partial charge in [0.15, 0.2) is 5.11 Å². The lowest BCUT2D eigenvalue weighted by Crippen LogP contribution is -2.38. The third-order valence-electron chi connectivity index (χ3n) is 4.06. The molecule has 0 spiro atoms. The number of hydrogen-bond donors (Lipinski definition) is 2. The molecule has 28 heavy (non-hydrogen) atoms. The molecule has 2 amide bonds. The van der Waals surface area contributed by atoms with Gasteiger partial charge in [-0.1, -0.05) is 30.3 Å². The van der Waals surface area contributed by atoms with E-state index >= 15 is 0 Å². The first-order valence-electron chi connectivity index (χ1n) is 8.55. The first-order chi connectivity index (χ1) is 13.4. The Balaban J connectivity index is 1.54. The minimum atomic E-state index is -0.362. The minimum absolute atomic E-state index is 0.195. The number of nitrogens with zero attached hydrogens (tertiary/aromatic N) is 1. The van der Waals surface area contributed by atoms with Crippen molar-refractivity contribution in [3.05, 3.63) is 70.4 Å². The zero-order chi connectivity index (χ0) is 20.1. The highest BCUT2D eigenvalue weighted by atomic mass is 32.2. The molecule has 0 unspecified atom stereocenters. The first kappa shape index (κ1) is 20.0. The van der Waals surface area contributed by atoms with Crippen LogP contribution < -0.4 is 10.6 Å². The summed E-state index contributed by atoms with van der Waals surface area (Å²) in [6.07, 6.45) is 1.59. The Kier molecular flexibility index (Phi) is 6.43. The highest BCUT2D eigenvalue weighted by Crippen LogP contribution is 2.31. The van der Waals surface area contributed by atoms with Gasteiger partial charge < -0.3 is 10.6 Å². The summed E-state index contributed by atoms with van der Waals surface area (Å²) in [4.78, 5) is 26.1. The number of thiocarbonyl (C=S) groups is 1. The van der Waals surface area contributed by atoms with Crippen LogP contribution in [0.5, 0.6) is 0 Å². The van der Waals surface area contributed by atoms with Crippen LogP contribution in [0.1, 0.15) is 11.1 Å². The molecule has 2 N–H and O–H groups in total. The van der Waals surface area contributed by atoms with Gasteiger partial charge in [-0.25, -0.2) is 4.39 Å². The molecule has 1 fully saturated rings. The highest BCUT2D eigenvalue weighted by Gasteiger charge is 2.34. The van der Waals surface area contributed by atoms with Gasteiger partial charge in [-0.15, -0.1) is 0 Å². The van der Waals surface area contributed by atoms with Crippen molar-refractivity contribution in [3.63, 3.8) is 0 Å². The van der Waals surface area contributed by atoms with Gasteiger partial charge >= 0.3 is 0 Å². The number of aryl methyl sites for hydroxylation is 1. The normalized spacial score (nSPS) is 15.2. The topological polar surface area (TPSA) is 61.4 Å². The summed E-state index contributed by atoms with van der Waals surface area (Å²) in [5.74, 6) is -0.717. The van der Waals surface area contributed by atoms with Crippen LogP contribution >= 0.6 is 24.0 Å². The molecule has 1 aliphatic rings. The maximum absolute atomic E-state index is 13.0. The lowest BCUT2D eigenvalue weighted by molar-refractivity contribution is -0.122. The van der Waals surface area contributed by atoms with Gasteiger partial charge in [0.05, 0.1) is 4.91 Å². The largest absolute Gasteiger partial charge is 0.361 e. The number of rotatable bonds is 5. The van der Waals surface area contributed by atoms with Crippen molar-refractivity contribution in [1.82, 2.24) is 10.2 Å². The van der Waals surface area contributed by atoms with Gasteiger partial charge in [0.1, 0.15) is 5.82 Å². The van der Waals surface area contributed by atoms with Gasteiger partial charge in [-0.2, -0.15) is 0 Å². The molecule has 144 valence electrons. The Morgan fingerprint density at radius 3 is 2.61 bits per heavy atom. The van der Waals surface area contributed by atoms with Crippen LogP contribution in [-0.2, 0) is 4.79 Å². The summed E-state index contributed by atoms with van der Waals surface area (Å²) >= 11 is 6.13. The average molecular weight is 416 g/mol. The van der Waals surface area contributed by atoms with Gasteiger partial charge in [0, 0.05) is 18.8 Å². The Labute approximate surface area is 172 Å². The number of para-hydroxylation sites is 1. The van der Waals surface area contributed by atoms with Crippen molar-refractivity contribution in [2.45, 2.75) is 6.92 Å². The summed E-state index contributed by atoms with van der Waals surface area (Å²) in [5.41, 5.74) is 2.62. The lowest BCUT2D eigenvalue weighted by atomic mass is 10.2. The number of hydrogen-bond acceptors (Lipinski definition) is 4. The Bertz CT molecular complexity index is 945. The number of anilines is 1. The molecule has 1 saturated heterocycles. The molecule has 5 nitrogen and oxygen atoms in total. The van der Waals surface area contributed by atoms with Crippen molar-refractivity contribution >= 4 is 52.0 Å². The molecular weight excluding hydrogens is 397 g/mol. The summed E-state index contributed by atoms with van der Waals surface area (Å²) in [5, 5.41) is 6.17. The van der Waals surface area contributed by atoms with Crippen LogP contribution in [-0.4, -0.2) is 34.2 Å². The van der Waals surface area contributed by atoms with Crippen LogP contribution in [0.2, 0.25) is 0 Å². The van der Waals surface area contributed by atoms with Crippen LogP contribution in [0.15, 0.2) is 53.4 Å². The Morgan fingerprint density at radius 1 is 1.18 bits per heavy atom. The zero-order valence-corrected chi connectivity index (χ0v) is 16.7. The number of nitrogens with one attached hydrogen (secondary N) is 2. The summed E-state index contributed by atoms with van der Waals surface area (Å²) < 4.78 is 13.0. The molecule has 1 heterocycles. The number of halogens is 1. The van der Waals surface area contributed by atoms with Crippen LogP contribution in [0, 0.1) is 12.7 Å². The third-order valence-corrected chi connectivity index (χ3v) is 5.21. The van der Waals surface area contributed by atoms with E-state index in [-0.39, 0.29) is 23.5 Å². The fourth-order valence-corrected chi connectivity index (χ4v) is 3.64. The van der Waals surface area contributed by atoms with Crippen LogP contribution in [0.3, 0.4) is 0 Å². The maximum atomic E-state index is 13.0. The smallest absolute Gasteiger partial charge is 0.293 e. The van der Waals surface area contributed by atoms with E-state index in [0.717, 1.165) is 23.0 Å². The molecule has 0 aromatic heterocycles. The summed E-state index contributed by atoms with van der Waals surface area (Å²) in [7, 11) is 0. The Hall–Kier alpha value is -2.71. The van der Waals surface area contributed by atoms with Gasteiger partial charge in [0.25, 0.3) is 11.1 Å². The number of amides is 2. The predicted octanol–water partition coefficient (Wildman–Crippen LogP) is 4.16.